The lowest BCUT2D eigenvalue weighted by Gasteiger charge is -2.30. The smallest absolute Gasteiger partial charge is 0.207 e. The highest BCUT2D eigenvalue weighted by atomic mass is 32.2. The molecule has 1 saturated heterocycles. The van der Waals surface area contributed by atoms with Gasteiger partial charge in [-0.15, -0.1) is 11.3 Å². The molecule has 130 valence electrons. The summed E-state index contributed by atoms with van der Waals surface area (Å²) in [6, 6.07) is 7.99. The molecule has 2 aromatic rings. The molecule has 0 bridgehead atoms. The van der Waals surface area contributed by atoms with E-state index in [0.29, 0.717) is 11.4 Å². The average molecular weight is 364 g/mol. The van der Waals surface area contributed by atoms with Crippen LogP contribution in [0.5, 0.6) is 0 Å². The second-order valence-corrected chi connectivity index (χ2v) is 9.53. The van der Waals surface area contributed by atoms with E-state index in [9.17, 15) is 8.42 Å². The van der Waals surface area contributed by atoms with Crippen LogP contribution >= 0.6 is 11.3 Å². The van der Waals surface area contributed by atoms with E-state index in [1.807, 2.05) is 44.4 Å². The average Bonchev–Trinajstić information content (AvgIpc) is 2.89. The van der Waals surface area contributed by atoms with Crippen LogP contribution in [0.2, 0.25) is 0 Å². The number of thiophene rings is 1. The van der Waals surface area contributed by atoms with Crippen molar-refractivity contribution in [3.05, 3.63) is 51.2 Å². The number of hydrogen-bond acceptors (Lipinski definition) is 3. The first kappa shape index (κ1) is 17.6. The molecule has 2 heterocycles. The first-order chi connectivity index (χ1) is 11.4. The molecular formula is C19H25NO2S2. The Morgan fingerprint density at radius 3 is 2.42 bits per heavy atom. The third-order valence-electron chi connectivity index (χ3n) is 4.75. The number of hydrogen-bond donors (Lipinski definition) is 0. The number of benzene rings is 1. The summed E-state index contributed by atoms with van der Waals surface area (Å²) in [7, 11) is -3.50. The molecule has 24 heavy (non-hydrogen) atoms. The van der Waals surface area contributed by atoms with Crippen molar-refractivity contribution in [2.75, 3.05) is 6.54 Å². The lowest BCUT2D eigenvalue weighted by Crippen LogP contribution is -2.35. The molecule has 0 aliphatic carbocycles. The van der Waals surface area contributed by atoms with E-state index in [4.69, 9.17) is 0 Å². The SMILES string of the molecule is Cc1cc(C)c(S(=O)(=O)N2CCCCCC2c2cccs2)c(C)c1. The van der Waals surface area contributed by atoms with Crippen molar-refractivity contribution in [2.24, 2.45) is 0 Å². The van der Waals surface area contributed by atoms with Crippen LogP contribution < -0.4 is 0 Å². The molecule has 1 atom stereocenters. The second-order valence-electron chi connectivity index (χ2n) is 6.72. The van der Waals surface area contributed by atoms with Gasteiger partial charge in [-0.2, -0.15) is 4.31 Å². The zero-order valence-corrected chi connectivity index (χ0v) is 16.2. The Balaban J connectivity index is 2.09. The van der Waals surface area contributed by atoms with Crippen LogP contribution in [0, 0.1) is 20.8 Å². The fraction of sp³-hybridized carbons (Fsp3) is 0.474. The molecule has 5 heteroatoms. The summed E-state index contributed by atoms with van der Waals surface area (Å²) in [6.45, 7) is 6.43. The molecular weight excluding hydrogens is 338 g/mol. The highest BCUT2D eigenvalue weighted by molar-refractivity contribution is 7.89. The minimum absolute atomic E-state index is 0.0300. The summed E-state index contributed by atoms with van der Waals surface area (Å²) < 4.78 is 28.8. The number of nitrogens with zero attached hydrogens (tertiary/aromatic N) is 1. The predicted molar refractivity (Wildman–Crippen MR) is 100 cm³/mol. The van der Waals surface area contributed by atoms with Gasteiger partial charge in [-0.1, -0.05) is 36.6 Å². The van der Waals surface area contributed by atoms with Gasteiger partial charge >= 0.3 is 0 Å². The van der Waals surface area contributed by atoms with Crippen molar-refractivity contribution in [2.45, 2.75) is 57.4 Å². The third kappa shape index (κ3) is 3.30. The minimum atomic E-state index is -3.50. The molecule has 0 radical (unpaired) electrons. The van der Waals surface area contributed by atoms with Gasteiger partial charge in [-0.3, -0.25) is 0 Å². The van der Waals surface area contributed by atoms with Crippen molar-refractivity contribution < 1.29 is 8.42 Å². The van der Waals surface area contributed by atoms with Crippen LogP contribution in [0.15, 0.2) is 34.5 Å². The Morgan fingerprint density at radius 2 is 1.79 bits per heavy atom. The Kier molecular flexibility index (Phi) is 5.13. The van der Waals surface area contributed by atoms with Crippen LogP contribution in [0.25, 0.3) is 0 Å². The fourth-order valence-corrected chi connectivity index (χ4v) is 6.86. The van der Waals surface area contributed by atoms with E-state index in [-0.39, 0.29) is 6.04 Å². The lowest BCUT2D eigenvalue weighted by atomic mass is 10.1. The first-order valence-corrected chi connectivity index (χ1v) is 10.9. The summed E-state index contributed by atoms with van der Waals surface area (Å²) in [5, 5.41) is 2.04. The van der Waals surface area contributed by atoms with Crippen LogP contribution in [-0.2, 0) is 10.0 Å². The maximum Gasteiger partial charge on any atom is 0.244 e. The largest absolute Gasteiger partial charge is 0.244 e. The molecule has 1 fully saturated rings. The highest BCUT2D eigenvalue weighted by Crippen LogP contribution is 2.38. The van der Waals surface area contributed by atoms with Crippen molar-refractivity contribution >= 4 is 21.4 Å². The zero-order chi connectivity index (χ0) is 17.3. The molecule has 1 aromatic carbocycles. The van der Waals surface area contributed by atoms with Gasteiger partial charge in [0.2, 0.25) is 10.0 Å². The third-order valence-corrected chi connectivity index (χ3v) is 7.93. The van der Waals surface area contributed by atoms with Crippen molar-refractivity contribution in [3.8, 4) is 0 Å². The molecule has 0 N–H and O–H groups in total. The van der Waals surface area contributed by atoms with Gasteiger partial charge in [0.05, 0.1) is 10.9 Å². The normalized spacial score (nSPS) is 20.0. The topological polar surface area (TPSA) is 37.4 Å². The Bertz CT molecular complexity index is 787. The van der Waals surface area contributed by atoms with E-state index in [2.05, 4.69) is 6.07 Å². The van der Waals surface area contributed by atoms with Gasteiger partial charge < -0.3 is 0 Å². The van der Waals surface area contributed by atoms with Gasteiger partial charge in [0.25, 0.3) is 0 Å². The van der Waals surface area contributed by atoms with E-state index >= 15 is 0 Å². The minimum Gasteiger partial charge on any atom is -0.207 e. The highest BCUT2D eigenvalue weighted by Gasteiger charge is 2.35. The summed E-state index contributed by atoms with van der Waals surface area (Å²) in [4.78, 5) is 1.65. The second kappa shape index (κ2) is 6.98. The summed E-state index contributed by atoms with van der Waals surface area (Å²) >= 11 is 1.66. The van der Waals surface area contributed by atoms with Crippen LogP contribution in [0.4, 0.5) is 0 Å². The van der Waals surface area contributed by atoms with E-state index in [1.54, 1.807) is 15.6 Å². The van der Waals surface area contributed by atoms with E-state index < -0.39 is 10.0 Å². The Hall–Kier alpha value is -1.17. The molecule has 1 aromatic heterocycles. The zero-order valence-electron chi connectivity index (χ0n) is 14.6. The van der Waals surface area contributed by atoms with Gasteiger partial charge in [-0.05, 0) is 56.2 Å². The Morgan fingerprint density at radius 1 is 1.08 bits per heavy atom. The predicted octanol–water partition coefficient (Wildman–Crippen LogP) is 4.98. The number of sulfonamides is 1. The van der Waals surface area contributed by atoms with Crippen molar-refractivity contribution in [1.29, 1.82) is 0 Å². The van der Waals surface area contributed by atoms with Gasteiger partial charge in [0.1, 0.15) is 0 Å². The van der Waals surface area contributed by atoms with E-state index in [0.717, 1.165) is 47.3 Å². The van der Waals surface area contributed by atoms with Gasteiger partial charge in [0.15, 0.2) is 0 Å². The maximum absolute atomic E-state index is 13.5. The molecule has 1 aliphatic rings. The summed E-state index contributed by atoms with van der Waals surface area (Å²) in [5.41, 5.74) is 2.80. The van der Waals surface area contributed by atoms with Crippen LogP contribution in [0.3, 0.4) is 0 Å². The molecule has 0 spiro atoms. The fourth-order valence-electron chi connectivity index (χ4n) is 3.83. The summed E-state index contributed by atoms with van der Waals surface area (Å²) in [5.74, 6) is 0. The van der Waals surface area contributed by atoms with Gasteiger partial charge in [0, 0.05) is 11.4 Å². The summed E-state index contributed by atoms with van der Waals surface area (Å²) in [6.07, 6.45) is 4.02. The molecule has 0 amide bonds. The number of rotatable bonds is 3. The lowest BCUT2D eigenvalue weighted by molar-refractivity contribution is 0.332. The molecule has 1 aliphatic heterocycles. The maximum atomic E-state index is 13.5. The van der Waals surface area contributed by atoms with Crippen LogP contribution in [-0.4, -0.2) is 19.3 Å². The monoisotopic (exact) mass is 363 g/mol. The first-order valence-electron chi connectivity index (χ1n) is 8.54. The van der Waals surface area contributed by atoms with Crippen molar-refractivity contribution in [1.82, 2.24) is 4.31 Å². The molecule has 3 rings (SSSR count). The molecule has 1 unspecified atom stereocenters. The standard InChI is InChI=1S/C19H25NO2S2/c1-14-12-15(2)19(16(3)13-14)24(21,22)20-10-6-4-5-8-17(20)18-9-7-11-23-18/h7,9,11-13,17H,4-6,8,10H2,1-3H3. The number of aryl methyl sites for hydroxylation is 3. The quantitative estimate of drug-likeness (QED) is 0.771. The molecule has 0 saturated carbocycles. The van der Waals surface area contributed by atoms with E-state index in [1.165, 1.54) is 0 Å². The van der Waals surface area contributed by atoms with Crippen molar-refractivity contribution in [3.63, 3.8) is 0 Å². The van der Waals surface area contributed by atoms with Gasteiger partial charge in [-0.25, -0.2) is 8.42 Å². The Labute approximate surface area is 149 Å². The van der Waals surface area contributed by atoms with Crippen LogP contribution in [0.1, 0.15) is 53.3 Å². The molecule has 3 nitrogen and oxygen atoms in total.